The number of hydrogen-bond acceptors (Lipinski definition) is 5. The number of carbonyl (C=O) groups excluding carboxylic acids is 1. The van der Waals surface area contributed by atoms with Gasteiger partial charge in [0.25, 0.3) is 0 Å². The maximum absolute atomic E-state index is 14.1. The highest BCUT2D eigenvalue weighted by Gasteiger charge is 2.66. The predicted octanol–water partition coefficient (Wildman–Crippen LogP) is 7.78. The minimum atomic E-state index is -0.314. The molecule has 0 aromatic carbocycles. The van der Waals surface area contributed by atoms with Crippen LogP contribution in [0.1, 0.15) is 131 Å². The number of nitrogens with one attached hydrogen (secondary N) is 1. The minimum absolute atomic E-state index is 0.230. The van der Waals surface area contributed by atoms with Crippen LogP contribution in [0.15, 0.2) is 0 Å². The summed E-state index contributed by atoms with van der Waals surface area (Å²) >= 11 is 0. The summed E-state index contributed by atoms with van der Waals surface area (Å²) < 4.78 is 13.5. The van der Waals surface area contributed by atoms with Gasteiger partial charge in [-0.05, 0) is 112 Å². The highest BCUT2D eigenvalue weighted by molar-refractivity contribution is 5.75. The first-order valence-electron chi connectivity index (χ1n) is 20.8. The minimum Gasteiger partial charge on any atom is -0.349 e. The van der Waals surface area contributed by atoms with Crippen LogP contribution in [-0.2, 0) is 9.47 Å². The Kier molecular flexibility index (Phi) is 10.6. The molecule has 7 rings (SSSR count). The zero-order valence-corrected chi connectivity index (χ0v) is 31.8. The predicted molar refractivity (Wildman–Crippen MR) is 194 cm³/mol. The van der Waals surface area contributed by atoms with Crippen LogP contribution < -0.4 is 5.32 Å². The molecule has 48 heavy (non-hydrogen) atoms. The molecular formula is C41H72N4O3. The van der Waals surface area contributed by atoms with E-state index in [1.807, 2.05) is 0 Å². The van der Waals surface area contributed by atoms with Gasteiger partial charge >= 0.3 is 6.03 Å². The van der Waals surface area contributed by atoms with Crippen molar-refractivity contribution >= 4 is 6.03 Å². The van der Waals surface area contributed by atoms with E-state index in [9.17, 15) is 4.79 Å². The normalized spacial score (nSPS) is 46.0. The monoisotopic (exact) mass is 669 g/mol. The third-order valence-electron chi connectivity index (χ3n) is 16.2. The molecule has 3 saturated heterocycles. The highest BCUT2D eigenvalue weighted by Crippen LogP contribution is 2.67. The number of ether oxygens (including phenoxy) is 2. The molecule has 2 amide bonds. The summed E-state index contributed by atoms with van der Waals surface area (Å²) in [5.41, 5.74) is 0.752. The number of amides is 2. The molecule has 0 radical (unpaired) electrons. The number of hydrogen-bond donors (Lipinski definition) is 1. The van der Waals surface area contributed by atoms with Gasteiger partial charge in [0.1, 0.15) is 0 Å². The van der Waals surface area contributed by atoms with E-state index in [1.54, 1.807) is 0 Å². The molecule has 7 fully saturated rings. The zero-order chi connectivity index (χ0) is 33.7. The molecule has 3 aliphatic heterocycles. The average Bonchev–Trinajstić information content (AvgIpc) is 3.53. The maximum Gasteiger partial charge on any atom is 0.317 e. The second-order valence-corrected chi connectivity index (χ2v) is 18.8. The van der Waals surface area contributed by atoms with Gasteiger partial charge < -0.3 is 24.6 Å². The first-order valence-corrected chi connectivity index (χ1v) is 20.8. The summed E-state index contributed by atoms with van der Waals surface area (Å²) in [7, 11) is 2.22. The van der Waals surface area contributed by atoms with Gasteiger partial charge in [-0.25, -0.2) is 4.79 Å². The third-order valence-corrected chi connectivity index (χ3v) is 16.2. The van der Waals surface area contributed by atoms with E-state index in [-0.39, 0.29) is 11.8 Å². The highest BCUT2D eigenvalue weighted by atomic mass is 16.7. The Morgan fingerprint density at radius 3 is 2.33 bits per heavy atom. The molecule has 0 aromatic heterocycles. The van der Waals surface area contributed by atoms with Crippen molar-refractivity contribution in [3.05, 3.63) is 0 Å². The van der Waals surface area contributed by atoms with Crippen molar-refractivity contribution < 1.29 is 14.3 Å². The second-order valence-electron chi connectivity index (χ2n) is 18.8. The molecule has 7 nitrogen and oxygen atoms in total. The van der Waals surface area contributed by atoms with Gasteiger partial charge in [-0.1, -0.05) is 60.3 Å². The van der Waals surface area contributed by atoms with E-state index in [0.717, 1.165) is 77.0 Å². The van der Waals surface area contributed by atoms with E-state index in [4.69, 9.17) is 9.47 Å². The number of nitrogens with zero attached hydrogens (tertiary/aromatic N) is 3. The number of likely N-dealkylation sites (N-methyl/N-ethyl adjacent to an activating group) is 1. The molecule has 274 valence electrons. The molecule has 0 aromatic rings. The van der Waals surface area contributed by atoms with Gasteiger partial charge in [-0.3, -0.25) is 4.90 Å². The molecule has 7 aliphatic rings. The molecule has 0 bridgehead atoms. The Morgan fingerprint density at radius 1 is 0.875 bits per heavy atom. The van der Waals surface area contributed by atoms with Crippen LogP contribution in [0.25, 0.3) is 0 Å². The van der Waals surface area contributed by atoms with Crippen LogP contribution in [0, 0.1) is 46.3 Å². The van der Waals surface area contributed by atoms with Crippen molar-refractivity contribution in [2.24, 2.45) is 46.3 Å². The lowest BCUT2D eigenvalue weighted by Crippen LogP contribution is -2.55. The Balaban J connectivity index is 0.962. The summed E-state index contributed by atoms with van der Waals surface area (Å²) in [6.07, 6.45) is 19.0. The Labute approximate surface area is 294 Å². The molecule has 1 spiro atoms. The standard InChI is InChI=1S/C41H72N4O3/c1-7-31-26-34(42-38(46)45(35-11-9-8-10-12-35)24-23-44-21-19-43(6)20-22-44)15-17-39(31,4)32-14-16-40(5)33(25-32)27-36-37(40)30(3)41(48-36)18-13-29(2)28-47-41/h29-37H,7-28H2,1-6H3,(H,42,46)/t29-,30-,31+,32-,33+,34+,36-,37-,39-,40-,41+/m0/s1. The topological polar surface area (TPSA) is 57.3 Å². The fourth-order valence-corrected chi connectivity index (χ4v) is 12.8. The molecule has 3 heterocycles. The van der Waals surface area contributed by atoms with Crippen molar-refractivity contribution in [3.63, 3.8) is 0 Å². The van der Waals surface area contributed by atoms with Gasteiger partial charge in [-0.2, -0.15) is 0 Å². The molecule has 0 unspecified atom stereocenters. The SMILES string of the molecule is CC[C@@H]1C[C@H](NC(=O)N(CCN2CCN(C)CC2)C2CCCCC2)CC[C@]1(C)[C@H]1CC[C@@]2(C)[C@H](C1)C[C@@H]1O[C@]3(CC[C@H](C)CO3)[C@@H](C)[C@@H]12. The van der Waals surface area contributed by atoms with Gasteiger partial charge in [-0.15, -0.1) is 0 Å². The maximum atomic E-state index is 14.1. The van der Waals surface area contributed by atoms with Gasteiger partial charge in [0, 0.05) is 63.7 Å². The Hall–Kier alpha value is -0.890. The number of urea groups is 1. The molecular weight excluding hydrogens is 596 g/mol. The van der Waals surface area contributed by atoms with Crippen molar-refractivity contribution in [1.29, 1.82) is 0 Å². The van der Waals surface area contributed by atoms with E-state index < -0.39 is 0 Å². The summed E-state index contributed by atoms with van der Waals surface area (Å²) in [5, 5.41) is 3.65. The molecule has 1 N–H and O–H groups in total. The van der Waals surface area contributed by atoms with E-state index in [0.29, 0.717) is 52.7 Å². The van der Waals surface area contributed by atoms with Gasteiger partial charge in [0.2, 0.25) is 0 Å². The second kappa shape index (κ2) is 14.3. The molecule has 7 heteroatoms. The van der Waals surface area contributed by atoms with Crippen LogP contribution in [0.2, 0.25) is 0 Å². The Bertz CT molecular complexity index is 1100. The van der Waals surface area contributed by atoms with Crippen molar-refractivity contribution in [2.45, 2.75) is 155 Å². The number of rotatable bonds is 7. The number of carbonyl (C=O) groups is 1. The average molecular weight is 669 g/mol. The fourth-order valence-electron chi connectivity index (χ4n) is 12.8. The van der Waals surface area contributed by atoms with Crippen LogP contribution >= 0.6 is 0 Å². The summed E-state index contributed by atoms with van der Waals surface area (Å²) in [6.45, 7) is 19.8. The quantitative estimate of drug-likeness (QED) is 0.300. The lowest BCUT2D eigenvalue weighted by atomic mass is 9.51. The van der Waals surface area contributed by atoms with Crippen LogP contribution in [-0.4, -0.2) is 97.6 Å². The molecule has 4 aliphatic carbocycles. The van der Waals surface area contributed by atoms with Crippen molar-refractivity contribution in [3.8, 4) is 0 Å². The fraction of sp³-hybridized carbons (Fsp3) is 0.976. The van der Waals surface area contributed by atoms with Crippen molar-refractivity contribution in [2.75, 3.05) is 52.9 Å². The summed E-state index contributed by atoms with van der Waals surface area (Å²) in [4.78, 5) is 21.3. The first-order chi connectivity index (χ1) is 23.0. The van der Waals surface area contributed by atoms with Crippen molar-refractivity contribution in [1.82, 2.24) is 20.0 Å². The zero-order valence-electron chi connectivity index (χ0n) is 31.8. The number of piperazine rings is 1. The largest absolute Gasteiger partial charge is 0.349 e. The van der Waals surface area contributed by atoms with Gasteiger partial charge in [0.05, 0.1) is 12.7 Å². The van der Waals surface area contributed by atoms with E-state index >= 15 is 0 Å². The lowest BCUT2D eigenvalue weighted by molar-refractivity contribution is -0.272. The van der Waals surface area contributed by atoms with E-state index in [2.05, 4.69) is 61.7 Å². The molecule has 4 saturated carbocycles. The third kappa shape index (κ3) is 6.62. The molecule has 11 atom stereocenters. The number of fused-ring (bicyclic) bond motifs is 3. The lowest BCUT2D eigenvalue weighted by Gasteiger charge is -2.55. The smallest absolute Gasteiger partial charge is 0.317 e. The first kappa shape index (κ1) is 35.5. The Morgan fingerprint density at radius 2 is 1.62 bits per heavy atom. The van der Waals surface area contributed by atoms with Crippen LogP contribution in [0.3, 0.4) is 0 Å². The summed E-state index contributed by atoms with van der Waals surface area (Å²) in [5.74, 6) is 3.71. The summed E-state index contributed by atoms with van der Waals surface area (Å²) in [6, 6.07) is 0.960. The van der Waals surface area contributed by atoms with Crippen LogP contribution in [0.4, 0.5) is 4.79 Å². The van der Waals surface area contributed by atoms with Crippen LogP contribution in [0.5, 0.6) is 0 Å². The van der Waals surface area contributed by atoms with Gasteiger partial charge in [0.15, 0.2) is 5.79 Å². The van der Waals surface area contributed by atoms with E-state index in [1.165, 1.54) is 77.0 Å².